The zero-order chi connectivity index (χ0) is 20.4. The van der Waals surface area contributed by atoms with Crippen LogP contribution in [0.25, 0.3) is 11.4 Å². The summed E-state index contributed by atoms with van der Waals surface area (Å²) in [6.45, 7) is 4.96. The normalized spacial score (nSPS) is 14.9. The van der Waals surface area contributed by atoms with Crippen LogP contribution in [-0.2, 0) is 6.54 Å². The molecule has 1 aromatic carbocycles. The lowest BCUT2D eigenvalue weighted by Crippen LogP contribution is -2.48. The third-order valence-electron chi connectivity index (χ3n) is 4.81. The Morgan fingerprint density at radius 1 is 1.24 bits per heavy atom. The van der Waals surface area contributed by atoms with Gasteiger partial charge in [-0.2, -0.15) is 4.98 Å². The summed E-state index contributed by atoms with van der Waals surface area (Å²) in [7, 11) is 0. The second-order valence-electron chi connectivity index (χ2n) is 6.88. The average molecular weight is 413 g/mol. The molecular weight excluding hydrogens is 394 g/mol. The van der Waals surface area contributed by atoms with Gasteiger partial charge >= 0.3 is 5.00 Å². The Hall–Kier alpha value is -3.11. The maximum absolute atomic E-state index is 12.5. The number of carbonyl (C=O) groups excluding carboxylic acids is 1. The van der Waals surface area contributed by atoms with E-state index in [4.69, 9.17) is 4.52 Å². The highest BCUT2D eigenvalue weighted by atomic mass is 32.1. The van der Waals surface area contributed by atoms with Gasteiger partial charge in [-0.05, 0) is 6.92 Å². The Morgan fingerprint density at radius 2 is 1.97 bits per heavy atom. The summed E-state index contributed by atoms with van der Waals surface area (Å²) >= 11 is 0.969. The molecule has 0 bridgehead atoms. The Labute approximate surface area is 170 Å². The molecule has 4 rings (SSSR count). The van der Waals surface area contributed by atoms with Gasteiger partial charge in [0.25, 0.3) is 5.91 Å². The SMILES string of the molecule is Cc1ccc(-c2noc(CN3CCN(C(=O)c4csc([N+](=O)[O-])c4)CC3)n2)cc1. The summed E-state index contributed by atoms with van der Waals surface area (Å²) < 4.78 is 5.38. The minimum atomic E-state index is -0.478. The standard InChI is InChI=1S/C19H19N5O4S/c1-13-2-4-14(5-3-13)18-20-16(28-21-18)11-22-6-8-23(9-7-22)19(25)15-10-17(24(26)27)29-12-15/h2-5,10,12H,6-9,11H2,1H3. The zero-order valence-corrected chi connectivity index (χ0v) is 16.6. The van der Waals surface area contributed by atoms with Gasteiger partial charge in [-0.3, -0.25) is 19.8 Å². The average Bonchev–Trinajstić information content (AvgIpc) is 3.39. The summed E-state index contributed by atoms with van der Waals surface area (Å²) in [5.41, 5.74) is 2.45. The van der Waals surface area contributed by atoms with E-state index in [2.05, 4.69) is 15.0 Å². The third kappa shape index (κ3) is 4.33. The van der Waals surface area contributed by atoms with E-state index in [1.807, 2.05) is 31.2 Å². The van der Waals surface area contributed by atoms with Gasteiger partial charge in [0.1, 0.15) is 0 Å². The zero-order valence-electron chi connectivity index (χ0n) is 15.8. The number of amides is 1. The van der Waals surface area contributed by atoms with Crippen molar-refractivity contribution in [2.45, 2.75) is 13.5 Å². The lowest BCUT2D eigenvalue weighted by atomic mass is 10.1. The fourth-order valence-electron chi connectivity index (χ4n) is 3.15. The van der Waals surface area contributed by atoms with Crippen molar-refractivity contribution in [3.63, 3.8) is 0 Å². The van der Waals surface area contributed by atoms with E-state index >= 15 is 0 Å². The molecule has 0 spiro atoms. The fourth-order valence-corrected chi connectivity index (χ4v) is 3.85. The highest BCUT2D eigenvalue weighted by Gasteiger charge is 2.25. The molecule has 0 unspecified atom stereocenters. The number of benzene rings is 1. The van der Waals surface area contributed by atoms with Gasteiger partial charge < -0.3 is 9.42 Å². The number of rotatable bonds is 5. The van der Waals surface area contributed by atoms with Crippen LogP contribution in [-0.4, -0.2) is 56.9 Å². The first-order valence-electron chi connectivity index (χ1n) is 9.14. The second kappa shape index (κ2) is 8.10. The molecule has 1 fully saturated rings. The molecule has 0 N–H and O–H groups in total. The van der Waals surface area contributed by atoms with E-state index < -0.39 is 4.92 Å². The maximum Gasteiger partial charge on any atom is 0.324 e. The second-order valence-corrected chi connectivity index (χ2v) is 7.77. The van der Waals surface area contributed by atoms with Gasteiger partial charge in [0, 0.05) is 43.2 Å². The monoisotopic (exact) mass is 413 g/mol. The van der Waals surface area contributed by atoms with Gasteiger partial charge in [0.15, 0.2) is 0 Å². The minimum Gasteiger partial charge on any atom is -0.338 e. The van der Waals surface area contributed by atoms with Gasteiger partial charge in [-0.25, -0.2) is 0 Å². The van der Waals surface area contributed by atoms with Crippen LogP contribution in [0.3, 0.4) is 0 Å². The van der Waals surface area contributed by atoms with E-state index in [0.717, 1.165) is 16.9 Å². The van der Waals surface area contributed by atoms with Crippen LogP contribution in [0, 0.1) is 17.0 Å². The van der Waals surface area contributed by atoms with Crippen molar-refractivity contribution in [1.82, 2.24) is 19.9 Å². The number of hydrogen-bond acceptors (Lipinski definition) is 8. The van der Waals surface area contributed by atoms with Crippen molar-refractivity contribution in [2.75, 3.05) is 26.2 Å². The van der Waals surface area contributed by atoms with E-state index in [-0.39, 0.29) is 10.9 Å². The fraction of sp³-hybridized carbons (Fsp3) is 0.316. The highest BCUT2D eigenvalue weighted by molar-refractivity contribution is 7.13. The molecule has 29 heavy (non-hydrogen) atoms. The molecule has 3 aromatic rings. The van der Waals surface area contributed by atoms with Crippen LogP contribution in [0.1, 0.15) is 21.8 Å². The quantitative estimate of drug-likeness (QED) is 0.468. The maximum atomic E-state index is 12.5. The van der Waals surface area contributed by atoms with E-state index in [1.165, 1.54) is 17.0 Å². The Bertz CT molecular complexity index is 1020. The molecule has 1 aliphatic rings. The van der Waals surface area contributed by atoms with Crippen molar-refractivity contribution in [2.24, 2.45) is 0 Å². The van der Waals surface area contributed by atoms with Crippen LogP contribution < -0.4 is 0 Å². The molecule has 10 heteroatoms. The molecule has 1 amide bonds. The Kier molecular flexibility index (Phi) is 5.36. The van der Waals surface area contributed by atoms with Crippen molar-refractivity contribution >= 4 is 22.2 Å². The van der Waals surface area contributed by atoms with Crippen molar-refractivity contribution in [3.8, 4) is 11.4 Å². The number of piperazine rings is 1. The summed E-state index contributed by atoms with van der Waals surface area (Å²) in [6, 6.07) is 9.27. The number of nitrogens with zero attached hydrogens (tertiary/aromatic N) is 5. The molecule has 0 saturated carbocycles. The van der Waals surface area contributed by atoms with Gasteiger partial charge in [0.2, 0.25) is 11.7 Å². The molecule has 1 aliphatic heterocycles. The summed E-state index contributed by atoms with van der Waals surface area (Å²) in [5.74, 6) is 0.926. The summed E-state index contributed by atoms with van der Waals surface area (Å²) in [5, 5.41) is 16.4. The molecule has 2 aromatic heterocycles. The van der Waals surface area contributed by atoms with Crippen LogP contribution in [0.4, 0.5) is 5.00 Å². The predicted molar refractivity (Wildman–Crippen MR) is 107 cm³/mol. The molecule has 0 atom stereocenters. The summed E-state index contributed by atoms with van der Waals surface area (Å²) in [4.78, 5) is 31.2. The molecular formula is C19H19N5O4S. The van der Waals surface area contributed by atoms with Crippen molar-refractivity contribution in [1.29, 1.82) is 0 Å². The predicted octanol–water partition coefficient (Wildman–Crippen LogP) is 2.97. The Balaban J connectivity index is 1.32. The number of carbonyl (C=O) groups is 1. The topological polar surface area (TPSA) is 106 Å². The molecule has 3 heterocycles. The first-order valence-corrected chi connectivity index (χ1v) is 10.0. The van der Waals surface area contributed by atoms with Crippen molar-refractivity contribution < 1.29 is 14.2 Å². The van der Waals surface area contributed by atoms with E-state index in [1.54, 1.807) is 4.90 Å². The van der Waals surface area contributed by atoms with Crippen LogP contribution in [0.15, 0.2) is 40.2 Å². The lowest BCUT2D eigenvalue weighted by molar-refractivity contribution is -0.380. The van der Waals surface area contributed by atoms with Gasteiger partial charge in [-0.1, -0.05) is 46.3 Å². The first-order chi connectivity index (χ1) is 14.0. The number of aromatic nitrogens is 2. The van der Waals surface area contributed by atoms with Gasteiger partial charge in [0.05, 0.1) is 17.0 Å². The Morgan fingerprint density at radius 3 is 2.62 bits per heavy atom. The highest BCUT2D eigenvalue weighted by Crippen LogP contribution is 2.24. The molecule has 1 saturated heterocycles. The molecule has 9 nitrogen and oxygen atoms in total. The number of nitro groups is 1. The molecule has 0 aliphatic carbocycles. The molecule has 150 valence electrons. The van der Waals surface area contributed by atoms with Gasteiger partial charge in [-0.15, -0.1) is 0 Å². The minimum absolute atomic E-state index is 0.0206. The summed E-state index contributed by atoms with van der Waals surface area (Å²) in [6.07, 6.45) is 0. The lowest BCUT2D eigenvalue weighted by Gasteiger charge is -2.33. The number of aryl methyl sites for hydroxylation is 1. The first kappa shape index (κ1) is 19.2. The van der Waals surface area contributed by atoms with E-state index in [9.17, 15) is 14.9 Å². The van der Waals surface area contributed by atoms with E-state index in [0.29, 0.717) is 50.0 Å². The number of hydrogen-bond donors (Lipinski definition) is 0. The number of thiophene rings is 1. The largest absolute Gasteiger partial charge is 0.338 e. The molecule has 0 radical (unpaired) electrons. The van der Waals surface area contributed by atoms with Crippen LogP contribution in [0.2, 0.25) is 0 Å². The smallest absolute Gasteiger partial charge is 0.324 e. The van der Waals surface area contributed by atoms with Crippen molar-refractivity contribution in [3.05, 3.63) is 62.8 Å². The third-order valence-corrected chi connectivity index (χ3v) is 5.69. The van der Waals surface area contributed by atoms with Crippen LogP contribution in [0.5, 0.6) is 0 Å². The van der Waals surface area contributed by atoms with Crippen LogP contribution >= 0.6 is 11.3 Å².